The summed E-state index contributed by atoms with van der Waals surface area (Å²) in [5.41, 5.74) is 1.98. The van der Waals surface area contributed by atoms with Crippen molar-refractivity contribution in [1.82, 2.24) is 9.88 Å². The molecule has 2 aromatic carbocycles. The molecule has 1 aromatic heterocycles. The third-order valence-corrected chi connectivity index (χ3v) is 4.59. The van der Waals surface area contributed by atoms with Crippen LogP contribution in [0.25, 0.3) is 0 Å². The molecule has 29 heavy (non-hydrogen) atoms. The number of amides is 1. The summed E-state index contributed by atoms with van der Waals surface area (Å²) < 4.78 is 6.62. The van der Waals surface area contributed by atoms with Crippen LogP contribution in [0.4, 0.5) is 0 Å². The normalized spacial score (nSPS) is 10.1. The van der Waals surface area contributed by atoms with Gasteiger partial charge in [0.05, 0.1) is 17.2 Å². The maximum atomic E-state index is 12.9. The fraction of sp³-hybridized carbons (Fsp3) is 0.0870. The first-order valence-corrected chi connectivity index (χ1v) is 9.67. The van der Waals surface area contributed by atoms with Gasteiger partial charge in [0.25, 0.3) is 5.91 Å². The fourth-order valence-electron chi connectivity index (χ4n) is 2.68. The number of hydrogen-bond acceptors (Lipinski definition) is 4. The Morgan fingerprint density at radius 1 is 1.21 bits per heavy atom. The van der Waals surface area contributed by atoms with Gasteiger partial charge in [0.2, 0.25) is 5.88 Å². The molecule has 3 rings (SSSR count). The van der Waals surface area contributed by atoms with Crippen molar-refractivity contribution in [2.75, 3.05) is 6.54 Å². The SMILES string of the molecule is C=CCN(Cc1ccc(C#N)cc1)C(=O)c1ccc(Oc2cccc(Br)c2)nc1. The smallest absolute Gasteiger partial charge is 0.256 e. The number of benzene rings is 2. The molecule has 0 saturated heterocycles. The van der Waals surface area contributed by atoms with Crippen molar-refractivity contribution in [1.29, 1.82) is 5.26 Å². The molecule has 0 saturated carbocycles. The Morgan fingerprint density at radius 2 is 2.00 bits per heavy atom. The molecular formula is C23H18BrN3O2. The lowest BCUT2D eigenvalue weighted by molar-refractivity contribution is 0.0762. The zero-order chi connectivity index (χ0) is 20.6. The second kappa shape index (κ2) is 9.67. The summed E-state index contributed by atoms with van der Waals surface area (Å²) in [6.07, 6.45) is 3.18. The van der Waals surface area contributed by atoms with Crippen molar-refractivity contribution in [3.8, 4) is 17.7 Å². The van der Waals surface area contributed by atoms with Crippen LogP contribution in [0.1, 0.15) is 21.5 Å². The van der Waals surface area contributed by atoms with Crippen LogP contribution in [0.3, 0.4) is 0 Å². The summed E-state index contributed by atoms with van der Waals surface area (Å²) in [6.45, 7) is 4.54. The monoisotopic (exact) mass is 447 g/mol. The minimum absolute atomic E-state index is 0.157. The first-order chi connectivity index (χ1) is 14.1. The number of nitrogens with zero attached hydrogens (tertiary/aromatic N) is 3. The molecule has 6 heteroatoms. The van der Waals surface area contributed by atoms with E-state index in [0.717, 1.165) is 10.0 Å². The van der Waals surface area contributed by atoms with Gasteiger partial charge in [0, 0.05) is 29.8 Å². The number of nitriles is 1. The second-order valence-electron chi connectivity index (χ2n) is 6.23. The van der Waals surface area contributed by atoms with Crippen molar-refractivity contribution in [2.24, 2.45) is 0 Å². The van der Waals surface area contributed by atoms with Crippen molar-refractivity contribution in [2.45, 2.75) is 6.54 Å². The number of carbonyl (C=O) groups is 1. The Kier molecular flexibility index (Phi) is 6.77. The van der Waals surface area contributed by atoms with Crippen LogP contribution < -0.4 is 4.74 Å². The molecule has 0 N–H and O–H groups in total. The van der Waals surface area contributed by atoms with Gasteiger partial charge in [-0.15, -0.1) is 6.58 Å². The van der Waals surface area contributed by atoms with E-state index in [-0.39, 0.29) is 5.91 Å². The highest BCUT2D eigenvalue weighted by Crippen LogP contribution is 2.23. The topological polar surface area (TPSA) is 66.2 Å². The summed E-state index contributed by atoms with van der Waals surface area (Å²) in [7, 11) is 0. The Balaban J connectivity index is 1.71. The van der Waals surface area contributed by atoms with Crippen molar-refractivity contribution < 1.29 is 9.53 Å². The van der Waals surface area contributed by atoms with Crippen LogP contribution in [0.5, 0.6) is 11.6 Å². The average Bonchev–Trinajstić information content (AvgIpc) is 2.74. The molecule has 0 unspecified atom stereocenters. The lowest BCUT2D eigenvalue weighted by Crippen LogP contribution is -2.30. The zero-order valence-corrected chi connectivity index (χ0v) is 17.2. The molecule has 0 aliphatic heterocycles. The molecule has 5 nitrogen and oxygen atoms in total. The number of rotatable bonds is 7. The van der Waals surface area contributed by atoms with E-state index in [9.17, 15) is 4.79 Å². The number of pyridine rings is 1. The number of aromatic nitrogens is 1. The van der Waals surface area contributed by atoms with E-state index in [1.807, 2.05) is 36.4 Å². The molecule has 0 radical (unpaired) electrons. The molecule has 0 atom stereocenters. The summed E-state index contributed by atoms with van der Waals surface area (Å²) >= 11 is 3.40. The lowest BCUT2D eigenvalue weighted by atomic mass is 10.1. The van der Waals surface area contributed by atoms with Crippen molar-refractivity contribution in [3.63, 3.8) is 0 Å². The zero-order valence-electron chi connectivity index (χ0n) is 15.6. The van der Waals surface area contributed by atoms with Gasteiger partial charge in [0.15, 0.2) is 0 Å². The molecule has 1 heterocycles. The standard InChI is InChI=1S/C23H18BrN3O2/c1-2-12-27(16-18-8-6-17(14-25)7-9-18)23(28)19-10-11-22(26-15-19)29-21-5-3-4-20(24)13-21/h2-11,13,15H,1,12,16H2. The van der Waals surface area contributed by atoms with Crippen molar-refractivity contribution in [3.05, 3.63) is 101 Å². The van der Waals surface area contributed by atoms with Crippen LogP contribution in [-0.4, -0.2) is 22.3 Å². The van der Waals surface area contributed by atoms with Crippen LogP contribution in [-0.2, 0) is 6.54 Å². The maximum Gasteiger partial charge on any atom is 0.256 e. The molecule has 0 aliphatic carbocycles. The van der Waals surface area contributed by atoms with E-state index in [2.05, 4.69) is 33.6 Å². The average molecular weight is 448 g/mol. The number of hydrogen-bond donors (Lipinski definition) is 0. The third kappa shape index (κ3) is 5.53. The first-order valence-electron chi connectivity index (χ1n) is 8.87. The molecule has 144 valence electrons. The Bertz CT molecular complexity index is 1040. The predicted octanol–water partition coefficient (Wildman–Crippen LogP) is 5.34. The highest BCUT2D eigenvalue weighted by Gasteiger charge is 2.16. The van der Waals surface area contributed by atoms with Gasteiger partial charge >= 0.3 is 0 Å². The molecule has 3 aromatic rings. The van der Waals surface area contributed by atoms with Gasteiger partial charge in [-0.05, 0) is 42.0 Å². The summed E-state index contributed by atoms with van der Waals surface area (Å²) in [4.78, 5) is 18.8. The maximum absolute atomic E-state index is 12.9. The fourth-order valence-corrected chi connectivity index (χ4v) is 3.06. The van der Waals surface area contributed by atoms with Gasteiger partial charge in [-0.2, -0.15) is 5.26 Å². The number of ether oxygens (including phenoxy) is 1. The van der Waals surface area contributed by atoms with Crippen LogP contribution in [0, 0.1) is 11.3 Å². The quantitative estimate of drug-likeness (QED) is 0.458. The van der Waals surface area contributed by atoms with E-state index in [1.165, 1.54) is 6.20 Å². The highest BCUT2D eigenvalue weighted by atomic mass is 79.9. The Morgan fingerprint density at radius 3 is 2.62 bits per heavy atom. The molecule has 0 bridgehead atoms. The lowest BCUT2D eigenvalue weighted by Gasteiger charge is -2.21. The van der Waals surface area contributed by atoms with E-state index in [1.54, 1.807) is 35.2 Å². The molecule has 1 amide bonds. The van der Waals surface area contributed by atoms with Crippen LogP contribution in [0.15, 0.2) is 84.0 Å². The van der Waals surface area contributed by atoms with E-state index in [4.69, 9.17) is 10.00 Å². The van der Waals surface area contributed by atoms with Gasteiger partial charge in [-0.1, -0.05) is 40.2 Å². The summed E-state index contributed by atoms with van der Waals surface area (Å²) in [5, 5.41) is 8.91. The van der Waals surface area contributed by atoms with Crippen LogP contribution >= 0.6 is 15.9 Å². The minimum Gasteiger partial charge on any atom is -0.439 e. The van der Waals surface area contributed by atoms with E-state index < -0.39 is 0 Å². The minimum atomic E-state index is -0.157. The number of carbonyl (C=O) groups excluding carboxylic acids is 1. The Hall–Kier alpha value is -3.43. The largest absolute Gasteiger partial charge is 0.439 e. The molecule has 0 spiro atoms. The molecule has 0 aliphatic rings. The molecular weight excluding hydrogens is 430 g/mol. The van der Waals surface area contributed by atoms with Gasteiger partial charge in [-0.3, -0.25) is 4.79 Å². The van der Waals surface area contributed by atoms with Gasteiger partial charge in [-0.25, -0.2) is 4.98 Å². The number of halogens is 1. The van der Waals surface area contributed by atoms with Crippen LogP contribution in [0.2, 0.25) is 0 Å². The Labute approximate surface area is 178 Å². The summed E-state index contributed by atoms with van der Waals surface area (Å²) in [5.74, 6) is 0.901. The van der Waals surface area contributed by atoms with Gasteiger partial charge in [0.1, 0.15) is 5.75 Å². The highest BCUT2D eigenvalue weighted by molar-refractivity contribution is 9.10. The van der Waals surface area contributed by atoms with E-state index >= 15 is 0 Å². The summed E-state index contributed by atoms with van der Waals surface area (Å²) in [6, 6.07) is 20.0. The first kappa shape index (κ1) is 20.3. The van der Waals surface area contributed by atoms with Crippen molar-refractivity contribution >= 4 is 21.8 Å². The van der Waals surface area contributed by atoms with Gasteiger partial charge < -0.3 is 9.64 Å². The second-order valence-corrected chi connectivity index (χ2v) is 7.14. The third-order valence-electron chi connectivity index (χ3n) is 4.09. The molecule has 0 fully saturated rings. The predicted molar refractivity (Wildman–Crippen MR) is 115 cm³/mol. The van der Waals surface area contributed by atoms with E-state index in [0.29, 0.717) is 35.8 Å².